The van der Waals surface area contributed by atoms with E-state index >= 15 is 0 Å². The molecule has 6 heteroatoms. The second kappa shape index (κ2) is 9.17. The number of pyridine rings is 1. The lowest BCUT2D eigenvalue weighted by molar-refractivity contribution is 0.0691. The monoisotopic (exact) mass is 415 g/mol. The summed E-state index contributed by atoms with van der Waals surface area (Å²) in [6.07, 6.45) is 0. The Morgan fingerprint density at radius 3 is 2.58 bits per heavy atom. The molecule has 3 aromatic carbocycles. The molecule has 4 rings (SSSR count). The molecule has 4 aromatic rings. The van der Waals surface area contributed by atoms with Gasteiger partial charge < -0.3 is 19.3 Å². The molecule has 0 aliphatic heterocycles. The minimum absolute atomic E-state index is 0.0501. The quantitative estimate of drug-likeness (QED) is 0.431. The van der Waals surface area contributed by atoms with E-state index in [2.05, 4.69) is 4.98 Å². The summed E-state index contributed by atoms with van der Waals surface area (Å²) in [7, 11) is 1.48. The lowest BCUT2D eigenvalue weighted by atomic mass is 10.2. The summed E-state index contributed by atoms with van der Waals surface area (Å²) in [5.41, 5.74) is 2.65. The molecule has 0 radical (unpaired) electrons. The molecule has 0 saturated carbocycles. The number of rotatable bonds is 8. The summed E-state index contributed by atoms with van der Waals surface area (Å²) >= 11 is 0. The average molecular weight is 415 g/mol. The molecule has 1 heterocycles. The molecule has 0 atom stereocenters. The summed E-state index contributed by atoms with van der Waals surface area (Å²) in [6.45, 7) is 0.511. The third-order valence-electron chi connectivity index (χ3n) is 4.75. The molecule has 6 nitrogen and oxygen atoms in total. The number of ether oxygens (including phenoxy) is 3. The van der Waals surface area contributed by atoms with Crippen molar-refractivity contribution in [2.45, 2.75) is 13.2 Å². The number of carboxylic acid groups (broad SMARTS) is 1. The molecule has 0 unspecified atom stereocenters. The lowest BCUT2D eigenvalue weighted by Gasteiger charge is -2.14. The number of carboxylic acids is 1. The van der Waals surface area contributed by atoms with Gasteiger partial charge in [0.15, 0.2) is 11.5 Å². The number of aromatic carboxylic acids is 1. The maximum absolute atomic E-state index is 11.5. The number of benzene rings is 3. The number of hydrogen-bond donors (Lipinski definition) is 1. The normalized spacial score (nSPS) is 10.6. The van der Waals surface area contributed by atoms with E-state index in [1.54, 1.807) is 12.1 Å². The number of methoxy groups -OCH3 is 1. The number of nitrogens with zero attached hydrogens (tertiary/aromatic N) is 1. The van der Waals surface area contributed by atoms with Crippen LogP contribution in [-0.2, 0) is 13.2 Å². The largest absolute Gasteiger partial charge is 0.493 e. The third kappa shape index (κ3) is 4.75. The molecule has 0 aliphatic rings. The van der Waals surface area contributed by atoms with Gasteiger partial charge >= 0.3 is 5.97 Å². The van der Waals surface area contributed by atoms with Crippen LogP contribution >= 0.6 is 0 Å². The lowest BCUT2D eigenvalue weighted by Crippen LogP contribution is -2.05. The van der Waals surface area contributed by atoms with Gasteiger partial charge in [-0.2, -0.15) is 0 Å². The zero-order chi connectivity index (χ0) is 21.6. The van der Waals surface area contributed by atoms with Crippen molar-refractivity contribution in [3.63, 3.8) is 0 Å². The minimum atomic E-state index is -1.08. The van der Waals surface area contributed by atoms with Crippen LogP contribution in [0.2, 0.25) is 0 Å². The van der Waals surface area contributed by atoms with Gasteiger partial charge in [-0.1, -0.05) is 42.5 Å². The highest BCUT2D eigenvalue weighted by Crippen LogP contribution is 2.32. The topological polar surface area (TPSA) is 77.9 Å². The van der Waals surface area contributed by atoms with Crippen LogP contribution in [0.1, 0.15) is 21.6 Å². The third-order valence-corrected chi connectivity index (χ3v) is 4.75. The van der Waals surface area contributed by atoms with E-state index in [9.17, 15) is 9.90 Å². The van der Waals surface area contributed by atoms with E-state index in [1.807, 2.05) is 60.7 Å². The van der Waals surface area contributed by atoms with Crippen LogP contribution < -0.4 is 14.2 Å². The van der Waals surface area contributed by atoms with Crippen molar-refractivity contribution < 1.29 is 24.1 Å². The number of carbonyl (C=O) groups is 1. The molecule has 156 valence electrons. The van der Waals surface area contributed by atoms with Gasteiger partial charge in [0.25, 0.3) is 0 Å². The molecule has 0 fully saturated rings. The fourth-order valence-corrected chi connectivity index (χ4v) is 3.22. The van der Waals surface area contributed by atoms with Gasteiger partial charge in [0.2, 0.25) is 0 Å². The van der Waals surface area contributed by atoms with Crippen LogP contribution in [0.4, 0.5) is 0 Å². The predicted octanol–water partition coefficient (Wildman–Crippen LogP) is 5.10. The fourth-order valence-electron chi connectivity index (χ4n) is 3.22. The molecule has 1 aromatic heterocycles. The molecule has 0 bridgehead atoms. The van der Waals surface area contributed by atoms with E-state index < -0.39 is 5.97 Å². The van der Waals surface area contributed by atoms with Crippen molar-refractivity contribution in [1.29, 1.82) is 0 Å². The van der Waals surface area contributed by atoms with Gasteiger partial charge in [0.05, 0.1) is 18.3 Å². The second-order valence-electron chi connectivity index (χ2n) is 6.86. The highest BCUT2D eigenvalue weighted by molar-refractivity contribution is 5.92. The minimum Gasteiger partial charge on any atom is -0.493 e. The van der Waals surface area contributed by atoms with Crippen molar-refractivity contribution in [2.24, 2.45) is 0 Å². The van der Waals surface area contributed by atoms with Crippen molar-refractivity contribution in [3.8, 4) is 17.2 Å². The first-order chi connectivity index (χ1) is 15.1. The van der Waals surface area contributed by atoms with E-state index in [0.29, 0.717) is 18.1 Å². The summed E-state index contributed by atoms with van der Waals surface area (Å²) in [5.74, 6) is 0.169. The van der Waals surface area contributed by atoms with Gasteiger partial charge in [-0.15, -0.1) is 0 Å². The van der Waals surface area contributed by atoms with Gasteiger partial charge in [-0.05, 0) is 42.0 Å². The molecular weight excluding hydrogens is 394 g/mol. The SMILES string of the molecule is COc1cccc(C(=O)O)c1OCc1cccc(OCc2ccc3ccccc3n2)c1. The molecule has 0 aliphatic carbocycles. The van der Waals surface area contributed by atoms with Crippen molar-refractivity contribution in [1.82, 2.24) is 4.98 Å². The number of hydrogen-bond acceptors (Lipinski definition) is 5. The van der Waals surface area contributed by atoms with E-state index in [0.717, 1.165) is 22.2 Å². The molecular formula is C25H21NO5. The first kappa shape index (κ1) is 20.2. The van der Waals surface area contributed by atoms with Crippen molar-refractivity contribution in [3.05, 3.63) is 95.7 Å². The Hall–Kier alpha value is -4.06. The van der Waals surface area contributed by atoms with Crippen LogP contribution in [0, 0.1) is 0 Å². The second-order valence-corrected chi connectivity index (χ2v) is 6.86. The Kier molecular flexibility index (Phi) is 5.98. The number of para-hydroxylation sites is 2. The first-order valence-corrected chi connectivity index (χ1v) is 9.73. The maximum Gasteiger partial charge on any atom is 0.339 e. The van der Waals surface area contributed by atoms with Crippen LogP contribution in [0.3, 0.4) is 0 Å². The van der Waals surface area contributed by atoms with Gasteiger partial charge in [-0.3, -0.25) is 0 Å². The van der Waals surface area contributed by atoms with Crippen LogP contribution in [0.5, 0.6) is 17.2 Å². The van der Waals surface area contributed by atoms with Crippen molar-refractivity contribution >= 4 is 16.9 Å². The summed E-state index contributed by atoms with van der Waals surface area (Å²) in [4.78, 5) is 16.1. The maximum atomic E-state index is 11.5. The average Bonchev–Trinajstić information content (AvgIpc) is 2.81. The number of fused-ring (bicyclic) bond motifs is 1. The summed E-state index contributed by atoms with van der Waals surface area (Å²) < 4.78 is 16.9. The summed E-state index contributed by atoms with van der Waals surface area (Å²) in [5, 5.41) is 10.5. The Morgan fingerprint density at radius 1 is 0.903 bits per heavy atom. The predicted molar refractivity (Wildman–Crippen MR) is 117 cm³/mol. The smallest absolute Gasteiger partial charge is 0.339 e. The molecule has 0 saturated heterocycles. The fraction of sp³-hybridized carbons (Fsp3) is 0.120. The van der Waals surface area contributed by atoms with E-state index in [4.69, 9.17) is 14.2 Å². The van der Waals surface area contributed by atoms with Crippen molar-refractivity contribution in [2.75, 3.05) is 7.11 Å². The van der Waals surface area contributed by atoms with Gasteiger partial charge in [0, 0.05) is 5.39 Å². The van der Waals surface area contributed by atoms with Gasteiger partial charge in [-0.25, -0.2) is 9.78 Å². The molecule has 0 amide bonds. The molecule has 0 spiro atoms. The Bertz CT molecular complexity index is 1220. The Labute approximate surface area is 179 Å². The van der Waals surface area contributed by atoms with Crippen LogP contribution in [-0.4, -0.2) is 23.2 Å². The summed E-state index contributed by atoms with van der Waals surface area (Å²) in [6, 6.07) is 24.1. The Morgan fingerprint density at radius 2 is 1.74 bits per heavy atom. The zero-order valence-corrected chi connectivity index (χ0v) is 16.9. The van der Waals surface area contributed by atoms with Crippen LogP contribution in [0.25, 0.3) is 10.9 Å². The van der Waals surface area contributed by atoms with E-state index in [-0.39, 0.29) is 17.9 Å². The molecule has 1 N–H and O–H groups in total. The van der Waals surface area contributed by atoms with Crippen LogP contribution in [0.15, 0.2) is 78.9 Å². The Balaban J connectivity index is 1.44. The first-order valence-electron chi connectivity index (χ1n) is 9.73. The highest BCUT2D eigenvalue weighted by atomic mass is 16.5. The highest BCUT2D eigenvalue weighted by Gasteiger charge is 2.16. The van der Waals surface area contributed by atoms with E-state index in [1.165, 1.54) is 13.2 Å². The zero-order valence-electron chi connectivity index (χ0n) is 16.9. The standard InChI is InChI=1S/C25H21NO5/c1-29-23-11-5-9-21(25(27)28)24(23)31-15-17-6-4-8-20(14-17)30-16-19-13-12-18-7-2-3-10-22(18)26-19/h2-14H,15-16H2,1H3,(H,27,28). The number of aromatic nitrogens is 1. The molecule has 31 heavy (non-hydrogen) atoms. The van der Waals surface area contributed by atoms with Gasteiger partial charge in [0.1, 0.15) is 24.5 Å².